The van der Waals surface area contributed by atoms with Crippen LogP contribution in [0.3, 0.4) is 0 Å². The van der Waals surface area contributed by atoms with Gasteiger partial charge in [0.15, 0.2) is 0 Å². The quantitative estimate of drug-likeness (QED) is 0.657. The molecule has 0 unspecified atom stereocenters. The highest BCUT2D eigenvalue weighted by Gasteiger charge is 2.27. The molecule has 2 heteroatoms. The first-order chi connectivity index (χ1) is 7.12. The number of hydrogen-bond acceptors (Lipinski definition) is 2. The van der Waals surface area contributed by atoms with E-state index in [1.807, 2.05) is 0 Å². The molecule has 0 radical (unpaired) electrons. The molecule has 0 aromatic heterocycles. The molecule has 1 saturated carbocycles. The van der Waals surface area contributed by atoms with E-state index < -0.39 is 0 Å². The Balaban J connectivity index is 1.92. The minimum absolute atomic E-state index is 0.568. The molecule has 0 heterocycles. The molecule has 15 heavy (non-hydrogen) atoms. The van der Waals surface area contributed by atoms with Crippen LogP contribution >= 0.6 is 0 Å². The third-order valence-electron chi connectivity index (χ3n) is 3.24. The minimum Gasteiger partial charge on any atom is -0.380 e. The van der Waals surface area contributed by atoms with Gasteiger partial charge in [0.1, 0.15) is 0 Å². The maximum Gasteiger partial charge on any atom is 0.0591 e. The zero-order chi connectivity index (χ0) is 11.1. The predicted octanol–water partition coefficient (Wildman–Crippen LogP) is 2.83. The van der Waals surface area contributed by atoms with Crippen molar-refractivity contribution in [2.45, 2.75) is 46.5 Å². The molecule has 0 aromatic rings. The largest absolute Gasteiger partial charge is 0.380 e. The standard InChI is InChI=1S/C13H27NO/c1-12(2)10-15-9-8-14-11-13(3)6-4-5-7-13/h12,14H,4-11H2,1-3H3. The normalized spacial score (nSPS) is 20.0. The summed E-state index contributed by atoms with van der Waals surface area (Å²) in [6.45, 7) is 10.7. The monoisotopic (exact) mass is 213 g/mol. The van der Waals surface area contributed by atoms with Crippen LogP contribution in [-0.2, 0) is 4.74 Å². The van der Waals surface area contributed by atoms with Gasteiger partial charge in [0.2, 0.25) is 0 Å². The van der Waals surface area contributed by atoms with Crippen LogP contribution in [0.1, 0.15) is 46.5 Å². The summed E-state index contributed by atoms with van der Waals surface area (Å²) in [6, 6.07) is 0. The van der Waals surface area contributed by atoms with Crippen LogP contribution in [0.25, 0.3) is 0 Å². The first-order valence-corrected chi connectivity index (χ1v) is 6.41. The molecule has 0 spiro atoms. The van der Waals surface area contributed by atoms with Gasteiger partial charge in [-0.2, -0.15) is 0 Å². The molecule has 0 bridgehead atoms. The van der Waals surface area contributed by atoms with Gasteiger partial charge in [0.05, 0.1) is 6.61 Å². The minimum atomic E-state index is 0.568. The highest BCUT2D eigenvalue weighted by molar-refractivity contribution is 4.82. The molecule has 1 aliphatic carbocycles. The first-order valence-electron chi connectivity index (χ1n) is 6.41. The number of nitrogens with one attached hydrogen (secondary N) is 1. The molecule has 1 N–H and O–H groups in total. The van der Waals surface area contributed by atoms with E-state index in [2.05, 4.69) is 26.1 Å². The van der Waals surface area contributed by atoms with E-state index in [-0.39, 0.29) is 0 Å². The fourth-order valence-corrected chi connectivity index (χ4v) is 2.26. The summed E-state index contributed by atoms with van der Waals surface area (Å²) in [5.41, 5.74) is 0.568. The third kappa shape index (κ3) is 5.53. The zero-order valence-corrected chi connectivity index (χ0v) is 10.6. The van der Waals surface area contributed by atoms with Crippen LogP contribution in [0.15, 0.2) is 0 Å². The average molecular weight is 213 g/mol. The lowest BCUT2D eigenvalue weighted by Crippen LogP contribution is -2.31. The van der Waals surface area contributed by atoms with Crippen molar-refractivity contribution in [2.24, 2.45) is 11.3 Å². The van der Waals surface area contributed by atoms with Crippen molar-refractivity contribution < 1.29 is 4.74 Å². The van der Waals surface area contributed by atoms with Crippen molar-refractivity contribution >= 4 is 0 Å². The Kier molecular flexibility index (Phi) is 5.62. The summed E-state index contributed by atoms with van der Waals surface area (Å²) in [7, 11) is 0. The highest BCUT2D eigenvalue weighted by Crippen LogP contribution is 2.36. The predicted molar refractivity (Wildman–Crippen MR) is 65.1 cm³/mol. The van der Waals surface area contributed by atoms with Gasteiger partial charge in [-0.3, -0.25) is 0 Å². The fourth-order valence-electron chi connectivity index (χ4n) is 2.26. The summed E-state index contributed by atoms with van der Waals surface area (Å²) >= 11 is 0. The van der Waals surface area contributed by atoms with E-state index in [9.17, 15) is 0 Å². The molecule has 0 saturated heterocycles. The van der Waals surface area contributed by atoms with Gasteiger partial charge in [-0.25, -0.2) is 0 Å². The Morgan fingerprint density at radius 3 is 2.53 bits per heavy atom. The van der Waals surface area contributed by atoms with Gasteiger partial charge in [-0.1, -0.05) is 33.6 Å². The van der Waals surface area contributed by atoms with Crippen LogP contribution in [0.5, 0.6) is 0 Å². The van der Waals surface area contributed by atoms with Crippen molar-refractivity contribution in [1.82, 2.24) is 5.32 Å². The van der Waals surface area contributed by atoms with Gasteiger partial charge in [0.25, 0.3) is 0 Å². The van der Waals surface area contributed by atoms with E-state index in [1.54, 1.807) is 0 Å². The van der Waals surface area contributed by atoms with E-state index in [0.29, 0.717) is 11.3 Å². The van der Waals surface area contributed by atoms with Crippen molar-refractivity contribution in [3.8, 4) is 0 Å². The molecule has 1 rings (SSSR count). The van der Waals surface area contributed by atoms with Crippen LogP contribution in [-0.4, -0.2) is 26.3 Å². The maximum absolute atomic E-state index is 5.53. The number of ether oxygens (including phenoxy) is 1. The van der Waals surface area contributed by atoms with Gasteiger partial charge in [-0.15, -0.1) is 0 Å². The van der Waals surface area contributed by atoms with E-state index in [4.69, 9.17) is 4.74 Å². The Morgan fingerprint density at radius 2 is 1.93 bits per heavy atom. The molecular weight excluding hydrogens is 186 g/mol. The van der Waals surface area contributed by atoms with Crippen molar-refractivity contribution in [2.75, 3.05) is 26.3 Å². The Bertz CT molecular complexity index is 162. The average Bonchev–Trinajstić information content (AvgIpc) is 2.58. The van der Waals surface area contributed by atoms with E-state index in [1.165, 1.54) is 25.7 Å². The molecule has 0 atom stereocenters. The number of hydrogen-bond donors (Lipinski definition) is 1. The molecule has 0 aliphatic heterocycles. The molecule has 1 aliphatic rings. The van der Waals surface area contributed by atoms with Crippen molar-refractivity contribution in [1.29, 1.82) is 0 Å². The Labute approximate surface area is 94.8 Å². The summed E-state index contributed by atoms with van der Waals surface area (Å²) in [4.78, 5) is 0. The summed E-state index contributed by atoms with van der Waals surface area (Å²) in [6.07, 6.45) is 5.63. The van der Waals surface area contributed by atoms with E-state index >= 15 is 0 Å². The van der Waals surface area contributed by atoms with Gasteiger partial charge in [0, 0.05) is 19.7 Å². The van der Waals surface area contributed by atoms with Crippen LogP contribution in [0.2, 0.25) is 0 Å². The lowest BCUT2D eigenvalue weighted by molar-refractivity contribution is 0.109. The maximum atomic E-state index is 5.53. The summed E-state index contributed by atoms with van der Waals surface area (Å²) < 4.78 is 5.53. The molecule has 0 amide bonds. The second-order valence-electron chi connectivity index (χ2n) is 5.66. The van der Waals surface area contributed by atoms with Gasteiger partial charge in [-0.05, 0) is 24.2 Å². The van der Waals surface area contributed by atoms with Gasteiger partial charge >= 0.3 is 0 Å². The fraction of sp³-hybridized carbons (Fsp3) is 1.00. The lowest BCUT2D eigenvalue weighted by Gasteiger charge is -2.23. The SMILES string of the molecule is CC(C)COCCNCC1(C)CCCC1. The Morgan fingerprint density at radius 1 is 1.27 bits per heavy atom. The molecule has 90 valence electrons. The van der Waals surface area contributed by atoms with E-state index in [0.717, 1.165) is 26.3 Å². The van der Waals surface area contributed by atoms with Crippen LogP contribution in [0.4, 0.5) is 0 Å². The summed E-state index contributed by atoms with van der Waals surface area (Å²) in [5, 5.41) is 3.52. The summed E-state index contributed by atoms with van der Waals surface area (Å²) in [5.74, 6) is 0.650. The Hall–Kier alpha value is -0.0800. The lowest BCUT2D eigenvalue weighted by atomic mass is 9.89. The number of rotatable bonds is 7. The van der Waals surface area contributed by atoms with Crippen molar-refractivity contribution in [3.05, 3.63) is 0 Å². The molecule has 2 nitrogen and oxygen atoms in total. The third-order valence-corrected chi connectivity index (χ3v) is 3.24. The molecule has 1 fully saturated rings. The molecule has 0 aromatic carbocycles. The van der Waals surface area contributed by atoms with Crippen LogP contribution in [0, 0.1) is 11.3 Å². The van der Waals surface area contributed by atoms with Crippen molar-refractivity contribution in [3.63, 3.8) is 0 Å². The topological polar surface area (TPSA) is 21.3 Å². The first kappa shape index (κ1) is 13.0. The molecular formula is C13H27NO. The second kappa shape index (κ2) is 6.49. The smallest absolute Gasteiger partial charge is 0.0591 e. The second-order valence-corrected chi connectivity index (χ2v) is 5.66. The van der Waals surface area contributed by atoms with Crippen LogP contribution < -0.4 is 5.32 Å². The zero-order valence-electron chi connectivity index (χ0n) is 10.6. The highest BCUT2D eigenvalue weighted by atomic mass is 16.5. The van der Waals surface area contributed by atoms with Gasteiger partial charge < -0.3 is 10.1 Å².